The van der Waals surface area contributed by atoms with Crippen molar-refractivity contribution in [3.05, 3.63) is 12.7 Å². The maximum atomic E-state index is 14.4. The van der Waals surface area contributed by atoms with Crippen molar-refractivity contribution in [2.24, 2.45) is 28.6 Å². The Kier molecular flexibility index (Phi) is 14.1. The topological polar surface area (TPSA) is 171 Å². The van der Waals surface area contributed by atoms with Crippen molar-refractivity contribution in [3.63, 3.8) is 0 Å². The summed E-state index contributed by atoms with van der Waals surface area (Å²) < 4.78 is 26.2. The van der Waals surface area contributed by atoms with Gasteiger partial charge in [-0.2, -0.15) is 0 Å². The molecule has 1 aliphatic heterocycles. The van der Waals surface area contributed by atoms with E-state index in [2.05, 4.69) is 41.7 Å². The van der Waals surface area contributed by atoms with E-state index >= 15 is 0 Å². The van der Waals surface area contributed by atoms with Gasteiger partial charge in [-0.15, -0.1) is 6.58 Å². The van der Waals surface area contributed by atoms with Crippen molar-refractivity contribution < 1.29 is 32.4 Å². The van der Waals surface area contributed by atoms with Crippen LogP contribution in [0.1, 0.15) is 113 Å². The first-order valence-corrected chi connectivity index (χ1v) is 20.4. The standard InChI is InChI=1S/C37H63N5O7S/c1-10-14-19-26(30(43)33(45)38-21-12-3)39-32(44)29-28-24(37(28,8)9)22-42(29)34(46)31(36(5,6)7)41-35(47)40-25-20-16-15-18-23(25)27(17-11-2)50(48,49)13-4/h12,23-29,31H,3,10-11,13-22H2,1-2,4-9H3,(H,38,45)(H,39,44)(H2,40,41,47). The zero-order valence-electron chi connectivity index (χ0n) is 31.6. The van der Waals surface area contributed by atoms with Gasteiger partial charge >= 0.3 is 6.03 Å². The van der Waals surface area contributed by atoms with Crippen molar-refractivity contribution >= 4 is 39.4 Å². The molecule has 0 aromatic heterocycles. The first-order valence-electron chi connectivity index (χ1n) is 18.7. The van der Waals surface area contributed by atoms with Gasteiger partial charge in [0, 0.05) is 24.9 Å². The van der Waals surface area contributed by atoms with E-state index in [1.807, 2.05) is 34.6 Å². The predicted molar refractivity (Wildman–Crippen MR) is 195 cm³/mol. The zero-order valence-corrected chi connectivity index (χ0v) is 32.4. The SMILES string of the molecule is C=CCNC(=O)C(=O)C(CCCC)NC(=O)C1C2C(CN1C(=O)C(NC(=O)NC1CCCCC1C(CCC)S(=O)(=O)CC)C(C)(C)C)C2(C)C. The van der Waals surface area contributed by atoms with Gasteiger partial charge in [0.2, 0.25) is 17.6 Å². The quantitative estimate of drug-likeness (QED) is 0.130. The minimum absolute atomic E-state index is 0.0487. The summed E-state index contributed by atoms with van der Waals surface area (Å²) in [6.07, 6.45) is 7.51. The molecule has 4 N–H and O–H groups in total. The number of nitrogens with one attached hydrogen (secondary N) is 4. The van der Waals surface area contributed by atoms with Crippen LogP contribution in [0.3, 0.4) is 0 Å². The van der Waals surface area contributed by atoms with E-state index in [-0.39, 0.29) is 47.9 Å². The number of amides is 5. The number of piperidine rings is 1. The second-order valence-corrected chi connectivity index (χ2v) is 18.7. The Hall–Kier alpha value is -2.96. The number of ketones is 1. The molecule has 1 heterocycles. The van der Waals surface area contributed by atoms with Gasteiger partial charge in [0.1, 0.15) is 12.1 Å². The molecule has 284 valence electrons. The number of urea groups is 1. The molecule has 0 spiro atoms. The molecule has 2 saturated carbocycles. The van der Waals surface area contributed by atoms with Crippen LogP contribution in [0.4, 0.5) is 4.79 Å². The van der Waals surface area contributed by atoms with Gasteiger partial charge in [-0.3, -0.25) is 19.2 Å². The lowest BCUT2D eigenvalue weighted by Crippen LogP contribution is -2.62. The number of nitrogens with zero attached hydrogens (tertiary/aromatic N) is 1. The van der Waals surface area contributed by atoms with Crippen molar-refractivity contribution in [2.45, 2.75) is 143 Å². The molecule has 12 nitrogen and oxygen atoms in total. The third-order valence-electron chi connectivity index (χ3n) is 11.3. The third kappa shape index (κ3) is 9.47. The van der Waals surface area contributed by atoms with E-state index in [1.165, 1.54) is 6.08 Å². The van der Waals surface area contributed by atoms with Gasteiger partial charge in [0.05, 0.1) is 11.3 Å². The lowest BCUT2D eigenvalue weighted by atomic mass is 9.81. The van der Waals surface area contributed by atoms with Crippen LogP contribution in [0.2, 0.25) is 0 Å². The molecule has 8 atom stereocenters. The van der Waals surface area contributed by atoms with E-state index in [9.17, 15) is 32.4 Å². The molecule has 8 unspecified atom stereocenters. The maximum Gasteiger partial charge on any atom is 0.315 e. The van der Waals surface area contributed by atoms with Crippen LogP contribution in [0.5, 0.6) is 0 Å². The van der Waals surface area contributed by atoms with E-state index in [0.717, 1.165) is 25.7 Å². The van der Waals surface area contributed by atoms with Crippen molar-refractivity contribution in [3.8, 4) is 0 Å². The summed E-state index contributed by atoms with van der Waals surface area (Å²) >= 11 is 0. The monoisotopic (exact) mass is 721 g/mol. The van der Waals surface area contributed by atoms with Crippen LogP contribution < -0.4 is 21.3 Å². The number of carbonyl (C=O) groups excluding carboxylic acids is 5. The van der Waals surface area contributed by atoms with Crippen LogP contribution in [0, 0.1) is 28.6 Å². The fraction of sp³-hybridized carbons (Fsp3) is 0.811. The molecular weight excluding hydrogens is 659 g/mol. The number of fused-ring (bicyclic) bond motifs is 1. The molecule has 0 bridgehead atoms. The van der Waals surface area contributed by atoms with Crippen LogP contribution in [-0.2, 0) is 29.0 Å². The molecule has 2 aliphatic carbocycles. The van der Waals surface area contributed by atoms with E-state index in [1.54, 1.807) is 11.8 Å². The number of likely N-dealkylation sites (tertiary alicyclic amines) is 1. The van der Waals surface area contributed by atoms with Crippen LogP contribution in [0.15, 0.2) is 12.7 Å². The summed E-state index contributed by atoms with van der Waals surface area (Å²) in [4.78, 5) is 69.4. The summed E-state index contributed by atoms with van der Waals surface area (Å²) in [6, 6.07) is -3.79. The molecular formula is C37H63N5O7S. The number of hydrogen-bond donors (Lipinski definition) is 4. The molecule has 50 heavy (non-hydrogen) atoms. The molecule has 0 aromatic carbocycles. The van der Waals surface area contributed by atoms with Crippen molar-refractivity contribution in [1.29, 1.82) is 0 Å². The Balaban J connectivity index is 1.83. The molecule has 3 fully saturated rings. The molecule has 0 aromatic rings. The van der Waals surface area contributed by atoms with Gasteiger partial charge in [0.25, 0.3) is 5.91 Å². The predicted octanol–water partition coefficient (Wildman–Crippen LogP) is 3.89. The number of hydrogen-bond acceptors (Lipinski definition) is 7. The Labute approximate surface area is 300 Å². The molecule has 13 heteroatoms. The summed E-state index contributed by atoms with van der Waals surface area (Å²) in [5, 5.41) is 10.8. The van der Waals surface area contributed by atoms with E-state index in [0.29, 0.717) is 32.2 Å². The Morgan fingerprint density at radius 2 is 1.64 bits per heavy atom. The largest absolute Gasteiger partial charge is 0.346 e. The Morgan fingerprint density at radius 1 is 0.980 bits per heavy atom. The van der Waals surface area contributed by atoms with Crippen LogP contribution in [0.25, 0.3) is 0 Å². The highest BCUT2D eigenvalue weighted by atomic mass is 32.2. The average molecular weight is 722 g/mol. The minimum Gasteiger partial charge on any atom is -0.346 e. The number of carbonyl (C=O) groups is 5. The highest BCUT2D eigenvalue weighted by Crippen LogP contribution is 2.65. The number of sulfone groups is 1. The number of unbranched alkanes of at least 4 members (excludes halogenated alkanes) is 1. The van der Waals surface area contributed by atoms with Gasteiger partial charge < -0.3 is 26.2 Å². The van der Waals surface area contributed by atoms with E-state index < -0.39 is 68.2 Å². The first kappa shape index (κ1) is 41.5. The fourth-order valence-electron chi connectivity index (χ4n) is 8.26. The molecule has 3 aliphatic rings. The summed E-state index contributed by atoms with van der Waals surface area (Å²) in [5.41, 5.74) is -0.933. The second kappa shape index (κ2) is 17.0. The normalized spacial score (nSPS) is 26.1. The summed E-state index contributed by atoms with van der Waals surface area (Å²) in [5.74, 6) is -2.66. The zero-order chi connectivity index (χ0) is 37.6. The first-order chi connectivity index (χ1) is 23.4. The van der Waals surface area contributed by atoms with Gasteiger partial charge in [0.15, 0.2) is 9.84 Å². The average Bonchev–Trinajstić information content (AvgIpc) is 3.36. The Morgan fingerprint density at radius 3 is 2.22 bits per heavy atom. The molecule has 1 saturated heterocycles. The fourth-order valence-corrected chi connectivity index (χ4v) is 10.1. The van der Waals surface area contributed by atoms with Gasteiger partial charge in [-0.05, 0) is 54.3 Å². The number of rotatable bonds is 17. The molecule has 3 rings (SSSR count). The lowest BCUT2D eigenvalue weighted by molar-refractivity contribution is -0.145. The summed E-state index contributed by atoms with van der Waals surface area (Å²) in [7, 11) is -3.33. The number of Topliss-reactive ketones (excluding diaryl/α,β-unsaturated/α-hetero) is 1. The highest BCUT2D eigenvalue weighted by molar-refractivity contribution is 7.92. The second-order valence-electron chi connectivity index (χ2n) is 16.2. The highest BCUT2D eigenvalue weighted by Gasteiger charge is 2.70. The summed E-state index contributed by atoms with van der Waals surface area (Å²) in [6.45, 7) is 19.3. The molecule has 0 radical (unpaired) electrons. The van der Waals surface area contributed by atoms with Crippen LogP contribution in [-0.4, -0.2) is 91.1 Å². The van der Waals surface area contributed by atoms with Crippen molar-refractivity contribution in [1.82, 2.24) is 26.2 Å². The lowest BCUT2D eigenvalue weighted by Gasteiger charge is -2.39. The van der Waals surface area contributed by atoms with Crippen LogP contribution >= 0.6 is 0 Å². The maximum absolute atomic E-state index is 14.4. The third-order valence-corrected chi connectivity index (χ3v) is 13.6. The smallest absolute Gasteiger partial charge is 0.315 e. The molecule has 5 amide bonds. The Bertz CT molecular complexity index is 1370. The minimum atomic E-state index is -3.33. The van der Waals surface area contributed by atoms with Gasteiger partial charge in [-0.25, -0.2) is 13.2 Å². The van der Waals surface area contributed by atoms with Crippen molar-refractivity contribution in [2.75, 3.05) is 18.8 Å². The van der Waals surface area contributed by atoms with E-state index in [4.69, 9.17) is 0 Å². The van der Waals surface area contributed by atoms with Gasteiger partial charge in [-0.1, -0.05) is 93.6 Å².